The number of rotatable bonds is 1. The van der Waals surface area contributed by atoms with E-state index in [1.807, 2.05) is 11.3 Å². The second-order valence-electron chi connectivity index (χ2n) is 7.27. The van der Waals surface area contributed by atoms with E-state index >= 15 is 0 Å². The smallest absolute Gasteiger partial charge is 0.0587 e. The standard InChI is InChI=1S/C16H27S/c1-11(2)12-9-13(15(3,4)5)17-14(10-12)16(6,7)8/h9-11H,1-8H3/q+1. The molecular formula is C16H27S+. The summed E-state index contributed by atoms with van der Waals surface area (Å²) in [5.41, 5.74) is 1.96. The van der Waals surface area contributed by atoms with Crippen LogP contribution >= 0.6 is 11.3 Å². The second-order valence-corrected chi connectivity index (χ2v) is 8.36. The number of hydrogen-bond donors (Lipinski definition) is 0. The Morgan fingerprint density at radius 3 is 1.41 bits per heavy atom. The summed E-state index contributed by atoms with van der Waals surface area (Å²) in [4.78, 5) is 2.99. The molecule has 0 bridgehead atoms. The summed E-state index contributed by atoms with van der Waals surface area (Å²) in [6.45, 7) is 18.4. The molecule has 1 heteroatoms. The van der Waals surface area contributed by atoms with Gasteiger partial charge >= 0.3 is 0 Å². The lowest BCUT2D eigenvalue weighted by atomic mass is 9.90. The fourth-order valence-corrected chi connectivity index (χ4v) is 2.83. The Morgan fingerprint density at radius 2 is 1.18 bits per heavy atom. The van der Waals surface area contributed by atoms with Gasteiger partial charge in [-0.25, -0.2) is 0 Å². The molecule has 0 aliphatic carbocycles. The maximum atomic E-state index is 2.39. The summed E-state index contributed by atoms with van der Waals surface area (Å²) < 4.78 is 0. The molecule has 0 nitrogen and oxygen atoms in total. The third kappa shape index (κ3) is 3.77. The van der Waals surface area contributed by atoms with Crippen molar-refractivity contribution in [1.82, 2.24) is 0 Å². The van der Waals surface area contributed by atoms with E-state index in [2.05, 4.69) is 67.5 Å². The summed E-state index contributed by atoms with van der Waals surface area (Å²) >= 11 is 1.97. The van der Waals surface area contributed by atoms with Crippen molar-refractivity contribution in [2.75, 3.05) is 0 Å². The highest BCUT2D eigenvalue weighted by Crippen LogP contribution is 2.36. The van der Waals surface area contributed by atoms with Crippen molar-refractivity contribution in [2.24, 2.45) is 0 Å². The molecule has 1 rings (SSSR count). The zero-order valence-electron chi connectivity index (χ0n) is 12.6. The van der Waals surface area contributed by atoms with Gasteiger partial charge in [-0.1, -0.05) is 55.4 Å². The lowest BCUT2D eigenvalue weighted by molar-refractivity contribution is 0.590. The third-order valence-corrected chi connectivity index (χ3v) is 4.86. The monoisotopic (exact) mass is 251 g/mol. The Hall–Kier alpha value is -0.430. The van der Waals surface area contributed by atoms with Crippen LogP contribution in [0.1, 0.15) is 76.6 Å². The topological polar surface area (TPSA) is 0 Å². The minimum atomic E-state index is 0.246. The van der Waals surface area contributed by atoms with Crippen LogP contribution in [0, 0.1) is 0 Å². The van der Waals surface area contributed by atoms with Gasteiger partial charge in [-0.3, -0.25) is 0 Å². The van der Waals surface area contributed by atoms with Crippen LogP contribution < -0.4 is 0 Å². The van der Waals surface area contributed by atoms with E-state index in [0.29, 0.717) is 5.92 Å². The van der Waals surface area contributed by atoms with Gasteiger partial charge in [-0.15, -0.1) is 0 Å². The van der Waals surface area contributed by atoms with Crippen molar-refractivity contribution in [3.8, 4) is 0 Å². The first-order valence-electron chi connectivity index (χ1n) is 6.51. The second kappa shape index (κ2) is 4.68. The van der Waals surface area contributed by atoms with E-state index in [4.69, 9.17) is 0 Å². The lowest BCUT2D eigenvalue weighted by Gasteiger charge is -2.17. The molecule has 0 aliphatic rings. The van der Waals surface area contributed by atoms with Crippen molar-refractivity contribution in [2.45, 2.75) is 72.1 Å². The summed E-state index contributed by atoms with van der Waals surface area (Å²) in [6, 6.07) is 4.79. The maximum Gasteiger partial charge on any atom is 0.219 e. The molecule has 0 fully saturated rings. The van der Waals surface area contributed by atoms with E-state index < -0.39 is 0 Å². The molecule has 1 heterocycles. The first-order chi connectivity index (χ1) is 7.51. The van der Waals surface area contributed by atoms with Gasteiger partial charge < -0.3 is 0 Å². The van der Waals surface area contributed by atoms with Crippen molar-refractivity contribution in [3.05, 3.63) is 27.5 Å². The largest absolute Gasteiger partial charge is 0.219 e. The molecule has 0 aliphatic heterocycles. The Morgan fingerprint density at radius 1 is 0.824 bits per heavy atom. The van der Waals surface area contributed by atoms with Gasteiger partial charge in [0.15, 0.2) is 0 Å². The lowest BCUT2D eigenvalue weighted by Crippen LogP contribution is -2.15. The fraction of sp³-hybridized carbons (Fsp3) is 0.688. The van der Waals surface area contributed by atoms with Crippen LogP contribution in [0.5, 0.6) is 0 Å². The minimum absolute atomic E-state index is 0.246. The van der Waals surface area contributed by atoms with E-state index in [9.17, 15) is 0 Å². The van der Waals surface area contributed by atoms with Crippen molar-refractivity contribution in [1.29, 1.82) is 0 Å². The molecular weight excluding hydrogens is 224 g/mol. The quantitative estimate of drug-likeness (QED) is 0.558. The summed E-state index contributed by atoms with van der Waals surface area (Å²) in [7, 11) is 0. The van der Waals surface area contributed by atoms with Gasteiger partial charge in [-0.2, -0.15) is 0 Å². The third-order valence-electron chi connectivity index (χ3n) is 2.96. The zero-order chi connectivity index (χ0) is 13.4. The van der Waals surface area contributed by atoms with Gasteiger partial charge in [0.1, 0.15) is 0 Å². The van der Waals surface area contributed by atoms with Gasteiger partial charge in [0, 0.05) is 23.0 Å². The summed E-state index contributed by atoms with van der Waals surface area (Å²) in [5, 5.41) is 0. The van der Waals surface area contributed by atoms with E-state index in [0.717, 1.165) is 0 Å². The molecule has 1 aromatic heterocycles. The molecule has 0 radical (unpaired) electrons. The van der Waals surface area contributed by atoms with Crippen LogP contribution in [-0.2, 0) is 10.8 Å². The van der Waals surface area contributed by atoms with Crippen LogP contribution in [0.4, 0.5) is 0 Å². The molecule has 0 spiro atoms. The molecule has 0 saturated heterocycles. The van der Waals surface area contributed by atoms with Crippen LogP contribution in [0.2, 0.25) is 0 Å². The summed E-state index contributed by atoms with van der Waals surface area (Å²) in [6.07, 6.45) is 0. The predicted octanol–water partition coefficient (Wildman–Crippen LogP) is 5.75. The average Bonchev–Trinajstić information content (AvgIpc) is 2.14. The SMILES string of the molecule is CC(C)c1cc(C(C)(C)C)[s+]c(C(C)(C)C)c1. The first-order valence-corrected chi connectivity index (χ1v) is 7.32. The molecule has 0 saturated carbocycles. The van der Waals surface area contributed by atoms with E-state index in [-0.39, 0.29) is 10.8 Å². The number of hydrogen-bond acceptors (Lipinski definition) is 0. The molecule has 0 aromatic carbocycles. The van der Waals surface area contributed by atoms with Crippen LogP contribution in [0.15, 0.2) is 12.1 Å². The van der Waals surface area contributed by atoms with Gasteiger partial charge in [-0.05, 0) is 11.5 Å². The molecule has 96 valence electrons. The van der Waals surface area contributed by atoms with Crippen molar-refractivity contribution >= 4 is 11.3 Å². The first kappa shape index (κ1) is 14.6. The highest BCUT2D eigenvalue weighted by Gasteiger charge is 2.32. The molecule has 0 N–H and O–H groups in total. The Labute approximate surface area is 111 Å². The highest BCUT2D eigenvalue weighted by atomic mass is 32.1. The van der Waals surface area contributed by atoms with Gasteiger partial charge in [0.25, 0.3) is 0 Å². The highest BCUT2D eigenvalue weighted by molar-refractivity contribution is 7.12. The van der Waals surface area contributed by atoms with Crippen LogP contribution in [-0.4, -0.2) is 0 Å². The fourth-order valence-electron chi connectivity index (χ4n) is 1.59. The predicted molar refractivity (Wildman–Crippen MR) is 80.2 cm³/mol. The van der Waals surface area contributed by atoms with E-state index in [1.54, 1.807) is 0 Å². The molecule has 17 heavy (non-hydrogen) atoms. The molecule has 0 amide bonds. The van der Waals surface area contributed by atoms with Gasteiger partial charge in [0.05, 0.1) is 0 Å². The van der Waals surface area contributed by atoms with Crippen molar-refractivity contribution in [3.63, 3.8) is 0 Å². The van der Waals surface area contributed by atoms with Crippen LogP contribution in [0.25, 0.3) is 0 Å². The Balaban J connectivity index is 3.40. The average molecular weight is 251 g/mol. The minimum Gasteiger partial charge on any atom is -0.0587 e. The Bertz CT molecular complexity index is 357. The maximum absolute atomic E-state index is 2.39. The molecule has 1 aromatic rings. The van der Waals surface area contributed by atoms with E-state index in [1.165, 1.54) is 15.3 Å². The van der Waals surface area contributed by atoms with Crippen LogP contribution in [0.3, 0.4) is 0 Å². The van der Waals surface area contributed by atoms with Gasteiger partial charge in [0.2, 0.25) is 21.1 Å². The van der Waals surface area contributed by atoms with Crippen molar-refractivity contribution < 1.29 is 0 Å². The summed E-state index contributed by atoms with van der Waals surface area (Å²) in [5.74, 6) is 0.602. The Kier molecular flexibility index (Phi) is 4.03. The zero-order valence-corrected chi connectivity index (χ0v) is 13.5. The molecule has 0 unspecified atom stereocenters. The molecule has 0 atom stereocenters. The normalized spacial score (nSPS) is 13.2.